The van der Waals surface area contributed by atoms with Crippen molar-refractivity contribution in [1.82, 2.24) is 9.78 Å². The number of halogens is 1. The Morgan fingerprint density at radius 3 is 3.00 bits per heavy atom. The normalized spacial score (nSPS) is 16.4. The highest BCUT2D eigenvalue weighted by molar-refractivity contribution is 7.12. The summed E-state index contributed by atoms with van der Waals surface area (Å²) in [6, 6.07) is 2.15. The van der Waals surface area contributed by atoms with Crippen molar-refractivity contribution in [2.45, 2.75) is 45.3 Å². The van der Waals surface area contributed by atoms with Crippen LogP contribution in [-0.2, 0) is 19.4 Å². The molecule has 0 saturated carbocycles. The van der Waals surface area contributed by atoms with Crippen LogP contribution in [0.5, 0.6) is 0 Å². The van der Waals surface area contributed by atoms with Gasteiger partial charge in [0.25, 0.3) is 0 Å². The van der Waals surface area contributed by atoms with Crippen LogP contribution in [0.2, 0.25) is 5.02 Å². The fraction of sp³-hybridized carbons (Fsp3) is 0.500. The van der Waals surface area contributed by atoms with Crippen molar-refractivity contribution in [2.24, 2.45) is 0 Å². The summed E-state index contributed by atoms with van der Waals surface area (Å²) in [5, 5.41) is 15.3. The summed E-state index contributed by atoms with van der Waals surface area (Å²) in [7, 11) is 0. The molecule has 2 aromatic rings. The Balaban J connectivity index is 1.97. The summed E-state index contributed by atoms with van der Waals surface area (Å²) in [5.74, 6) is 0. The molecule has 0 bridgehead atoms. The van der Waals surface area contributed by atoms with Crippen molar-refractivity contribution in [3.8, 4) is 0 Å². The van der Waals surface area contributed by atoms with Crippen LogP contribution in [0.1, 0.15) is 46.9 Å². The van der Waals surface area contributed by atoms with E-state index in [1.165, 1.54) is 23.3 Å². The number of aromatic nitrogens is 2. The maximum absolute atomic E-state index is 10.6. The summed E-state index contributed by atoms with van der Waals surface area (Å²) in [6.45, 7) is 2.71. The quantitative estimate of drug-likeness (QED) is 0.940. The molecule has 0 aliphatic heterocycles. The monoisotopic (exact) mass is 296 g/mol. The topological polar surface area (TPSA) is 38.0 Å². The van der Waals surface area contributed by atoms with Crippen molar-refractivity contribution in [3.63, 3.8) is 0 Å². The number of hydrogen-bond acceptors (Lipinski definition) is 3. The van der Waals surface area contributed by atoms with Crippen LogP contribution in [0.4, 0.5) is 0 Å². The fourth-order valence-corrected chi connectivity index (χ4v) is 4.17. The lowest BCUT2D eigenvalue weighted by molar-refractivity contribution is 0.212. The Labute approximate surface area is 121 Å². The van der Waals surface area contributed by atoms with Crippen molar-refractivity contribution in [2.75, 3.05) is 0 Å². The van der Waals surface area contributed by atoms with Crippen LogP contribution < -0.4 is 0 Å². The molecule has 1 aliphatic rings. The lowest BCUT2D eigenvalue weighted by Crippen LogP contribution is -2.08. The van der Waals surface area contributed by atoms with E-state index in [4.69, 9.17) is 11.6 Å². The lowest BCUT2D eigenvalue weighted by atomic mass is 9.99. The van der Waals surface area contributed by atoms with Crippen molar-refractivity contribution < 1.29 is 5.11 Å². The number of aryl methyl sites for hydroxylation is 3. The molecule has 0 aromatic carbocycles. The molecular weight excluding hydrogens is 280 g/mol. The third-order valence-electron chi connectivity index (χ3n) is 3.68. The number of aliphatic hydroxyl groups excluding tert-OH is 1. The van der Waals surface area contributed by atoms with Crippen LogP contribution in [-0.4, -0.2) is 14.9 Å². The number of thiophene rings is 1. The Bertz CT molecular complexity index is 567. The molecule has 1 N–H and O–H groups in total. The summed E-state index contributed by atoms with van der Waals surface area (Å²) >= 11 is 7.88. The van der Waals surface area contributed by atoms with Crippen LogP contribution in [0.3, 0.4) is 0 Å². The standard InChI is InChI=1S/C14H17ClN2OS/c1-2-17-13(10(15)8-16-17)14(18)12-7-9-5-3-4-6-11(9)19-12/h7-8,14,18H,2-6H2,1H3. The number of rotatable bonds is 3. The molecule has 0 spiro atoms. The second kappa shape index (κ2) is 5.27. The van der Waals surface area contributed by atoms with E-state index < -0.39 is 6.10 Å². The average Bonchev–Trinajstić information content (AvgIpc) is 3.01. The van der Waals surface area contributed by atoms with Gasteiger partial charge < -0.3 is 5.11 Å². The highest BCUT2D eigenvalue weighted by Gasteiger charge is 2.23. The van der Waals surface area contributed by atoms with Crippen LogP contribution in [0.25, 0.3) is 0 Å². The van der Waals surface area contributed by atoms with Crippen LogP contribution in [0, 0.1) is 0 Å². The Kier molecular flexibility index (Phi) is 3.65. The minimum Gasteiger partial charge on any atom is -0.381 e. The van der Waals surface area contributed by atoms with Gasteiger partial charge in [-0.1, -0.05) is 11.6 Å². The predicted molar refractivity (Wildman–Crippen MR) is 77.9 cm³/mol. The Hall–Kier alpha value is -0.840. The maximum atomic E-state index is 10.6. The van der Waals surface area contributed by atoms with Gasteiger partial charge in [0.05, 0.1) is 16.9 Å². The molecular formula is C14H17ClN2OS. The molecule has 19 heavy (non-hydrogen) atoms. The third-order valence-corrected chi connectivity index (χ3v) is 5.26. The molecule has 2 aromatic heterocycles. The third kappa shape index (κ3) is 2.33. The molecule has 3 nitrogen and oxygen atoms in total. The maximum Gasteiger partial charge on any atom is 0.131 e. The van der Waals surface area contributed by atoms with E-state index >= 15 is 0 Å². The van der Waals surface area contributed by atoms with E-state index in [0.717, 1.165) is 17.7 Å². The van der Waals surface area contributed by atoms with Crippen molar-refractivity contribution in [3.05, 3.63) is 38.3 Å². The van der Waals surface area contributed by atoms with Gasteiger partial charge in [-0.25, -0.2) is 0 Å². The van der Waals surface area contributed by atoms with Gasteiger partial charge in [-0.2, -0.15) is 5.10 Å². The first-order valence-electron chi connectivity index (χ1n) is 6.71. The molecule has 102 valence electrons. The van der Waals surface area contributed by atoms with Crippen LogP contribution in [0.15, 0.2) is 12.3 Å². The van der Waals surface area contributed by atoms with Gasteiger partial charge in [0.1, 0.15) is 6.10 Å². The molecule has 3 rings (SSSR count). The van der Waals surface area contributed by atoms with Gasteiger partial charge in [-0.05, 0) is 44.2 Å². The number of nitrogens with zero attached hydrogens (tertiary/aromatic N) is 2. The van der Waals surface area contributed by atoms with Gasteiger partial charge in [-0.3, -0.25) is 4.68 Å². The van der Waals surface area contributed by atoms with Crippen LogP contribution >= 0.6 is 22.9 Å². The van der Waals surface area contributed by atoms with Gasteiger partial charge in [0.15, 0.2) is 0 Å². The van der Waals surface area contributed by atoms with Crippen molar-refractivity contribution in [1.29, 1.82) is 0 Å². The first kappa shape index (κ1) is 13.2. The summed E-state index contributed by atoms with van der Waals surface area (Å²) in [6.07, 6.45) is 5.75. The van der Waals surface area contributed by atoms with Gasteiger partial charge in [-0.15, -0.1) is 11.3 Å². The first-order chi connectivity index (χ1) is 9.20. The fourth-order valence-electron chi connectivity index (χ4n) is 2.68. The molecule has 1 unspecified atom stereocenters. The predicted octanol–water partition coefficient (Wildman–Crippen LogP) is 3.58. The zero-order valence-corrected chi connectivity index (χ0v) is 12.5. The molecule has 0 fully saturated rings. The number of fused-ring (bicyclic) bond motifs is 1. The minimum absolute atomic E-state index is 0.542. The second-order valence-electron chi connectivity index (χ2n) is 4.90. The lowest BCUT2D eigenvalue weighted by Gasteiger charge is -2.11. The summed E-state index contributed by atoms with van der Waals surface area (Å²) in [4.78, 5) is 2.42. The molecule has 0 saturated heterocycles. The zero-order chi connectivity index (χ0) is 13.4. The van der Waals surface area contributed by atoms with E-state index in [1.807, 2.05) is 6.92 Å². The van der Waals surface area contributed by atoms with Gasteiger partial charge in [0.2, 0.25) is 0 Å². The Morgan fingerprint density at radius 2 is 2.26 bits per heavy atom. The number of aliphatic hydroxyl groups is 1. The van der Waals surface area contributed by atoms with Crippen molar-refractivity contribution >= 4 is 22.9 Å². The molecule has 0 amide bonds. The molecule has 1 aliphatic carbocycles. The average molecular weight is 297 g/mol. The largest absolute Gasteiger partial charge is 0.381 e. The van der Waals surface area contributed by atoms with E-state index in [2.05, 4.69) is 11.2 Å². The molecule has 0 radical (unpaired) electrons. The molecule has 1 atom stereocenters. The molecule has 2 heterocycles. The van der Waals surface area contributed by atoms with E-state index in [-0.39, 0.29) is 0 Å². The number of hydrogen-bond donors (Lipinski definition) is 1. The summed E-state index contributed by atoms with van der Waals surface area (Å²) in [5.41, 5.74) is 2.12. The van der Waals surface area contributed by atoms with E-state index in [0.29, 0.717) is 17.3 Å². The Morgan fingerprint density at radius 1 is 1.47 bits per heavy atom. The second-order valence-corrected chi connectivity index (χ2v) is 6.48. The SMILES string of the molecule is CCn1ncc(Cl)c1C(O)c1cc2c(s1)CCCC2. The molecule has 5 heteroatoms. The smallest absolute Gasteiger partial charge is 0.131 e. The van der Waals surface area contributed by atoms with E-state index in [1.54, 1.807) is 22.2 Å². The van der Waals surface area contributed by atoms with Gasteiger partial charge >= 0.3 is 0 Å². The highest BCUT2D eigenvalue weighted by atomic mass is 35.5. The first-order valence-corrected chi connectivity index (χ1v) is 7.91. The van der Waals surface area contributed by atoms with Gasteiger partial charge in [0, 0.05) is 16.3 Å². The summed E-state index contributed by atoms with van der Waals surface area (Å²) < 4.78 is 1.77. The minimum atomic E-state index is -0.662. The van der Waals surface area contributed by atoms with E-state index in [9.17, 15) is 5.11 Å². The zero-order valence-electron chi connectivity index (χ0n) is 10.9. The highest BCUT2D eigenvalue weighted by Crippen LogP contribution is 2.37.